The molecule has 0 atom stereocenters. The number of fused-ring (bicyclic) bond motifs is 1. The molecule has 0 spiro atoms. The Labute approximate surface area is 164 Å². The normalized spacial score (nSPS) is 11.1. The van der Waals surface area contributed by atoms with Crippen molar-refractivity contribution in [1.82, 2.24) is 19.1 Å². The smallest absolute Gasteiger partial charge is 0.337 e. The van der Waals surface area contributed by atoms with Gasteiger partial charge in [0.15, 0.2) is 16.3 Å². The van der Waals surface area contributed by atoms with E-state index in [9.17, 15) is 14.7 Å². The van der Waals surface area contributed by atoms with Crippen molar-refractivity contribution in [3.63, 3.8) is 0 Å². The number of aliphatic hydroxyl groups excluding tert-OH is 1. The molecular weight excluding hydrogens is 380 g/mol. The van der Waals surface area contributed by atoms with Crippen LogP contribution in [0.1, 0.15) is 0 Å². The minimum atomic E-state index is -0.623. The number of rotatable bonds is 4. The van der Waals surface area contributed by atoms with Crippen LogP contribution in [0.4, 0.5) is 0 Å². The maximum atomic E-state index is 13.0. The Balaban J connectivity index is 2.13. The van der Waals surface area contributed by atoms with Gasteiger partial charge in [-0.15, -0.1) is 0 Å². The van der Waals surface area contributed by atoms with E-state index in [0.717, 1.165) is 4.57 Å². The minimum absolute atomic E-state index is 0.000145. The van der Waals surface area contributed by atoms with E-state index in [1.807, 2.05) is 24.3 Å². The molecule has 8 heteroatoms. The molecule has 4 rings (SSSR count). The number of aromatic nitrogens is 4. The fourth-order valence-corrected chi connectivity index (χ4v) is 3.25. The number of halogens is 1. The molecule has 0 amide bonds. The monoisotopic (exact) mass is 394 g/mol. The number of para-hydroxylation sites is 1. The number of nitrogens with zero attached hydrogens (tertiary/aromatic N) is 4. The zero-order chi connectivity index (χ0) is 19.7. The van der Waals surface area contributed by atoms with Crippen molar-refractivity contribution in [2.45, 2.75) is 6.54 Å². The molecule has 28 heavy (non-hydrogen) atoms. The maximum absolute atomic E-state index is 13.0. The standard InChI is InChI=1S/C20H15ClN4O3/c21-17-15(13-7-3-1-4-8-13)22-16-18(23-17)25(14-9-5-2-6-10-14)20(28)24(11-12-26)19(16)27/h1-10,26H,11-12H2. The molecule has 2 aromatic heterocycles. The SMILES string of the molecule is O=c1c2nc(-c3ccccc3)c(Cl)nc2n(-c2ccccc2)c(=O)n1CCO. The molecule has 2 heterocycles. The van der Waals surface area contributed by atoms with E-state index in [1.54, 1.807) is 36.4 Å². The first-order valence-electron chi connectivity index (χ1n) is 8.56. The quantitative estimate of drug-likeness (QED) is 0.573. The van der Waals surface area contributed by atoms with Gasteiger partial charge in [-0.25, -0.2) is 19.3 Å². The van der Waals surface area contributed by atoms with Crippen molar-refractivity contribution in [3.8, 4) is 16.9 Å². The molecule has 1 N–H and O–H groups in total. The molecule has 0 radical (unpaired) electrons. The van der Waals surface area contributed by atoms with Gasteiger partial charge >= 0.3 is 5.69 Å². The van der Waals surface area contributed by atoms with Gasteiger partial charge in [-0.2, -0.15) is 0 Å². The number of hydrogen-bond acceptors (Lipinski definition) is 5. The fraction of sp³-hybridized carbons (Fsp3) is 0.100. The average Bonchev–Trinajstić information content (AvgIpc) is 2.72. The Morgan fingerprint density at radius 2 is 1.57 bits per heavy atom. The van der Waals surface area contributed by atoms with Crippen molar-refractivity contribution >= 4 is 22.8 Å². The summed E-state index contributed by atoms with van der Waals surface area (Å²) in [6.45, 7) is -0.507. The molecule has 0 saturated carbocycles. The zero-order valence-electron chi connectivity index (χ0n) is 14.6. The predicted octanol–water partition coefficient (Wildman–Crippen LogP) is 2.26. The van der Waals surface area contributed by atoms with Gasteiger partial charge in [0.25, 0.3) is 5.56 Å². The molecule has 4 aromatic rings. The van der Waals surface area contributed by atoms with Gasteiger partial charge in [-0.3, -0.25) is 9.36 Å². The first-order chi connectivity index (χ1) is 13.6. The molecule has 140 valence electrons. The Morgan fingerprint density at radius 3 is 2.21 bits per heavy atom. The summed E-state index contributed by atoms with van der Waals surface area (Å²) >= 11 is 6.36. The van der Waals surface area contributed by atoms with Crippen molar-refractivity contribution < 1.29 is 5.11 Å². The highest BCUT2D eigenvalue weighted by atomic mass is 35.5. The van der Waals surface area contributed by atoms with Crippen LogP contribution in [0.3, 0.4) is 0 Å². The summed E-state index contributed by atoms with van der Waals surface area (Å²) in [7, 11) is 0. The van der Waals surface area contributed by atoms with Gasteiger partial charge in [-0.05, 0) is 12.1 Å². The summed E-state index contributed by atoms with van der Waals surface area (Å²) in [6.07, 6.45) is 0. The molecule has 0 fully saturated rings. The van der Waals surface area contributed by atoms with E-state index in [0.29, 0.717) is 16.9 Å². The van der Waals surface area contributed by atoms with Gasteiger partial charge in [0, 0.05) is 5.56 Å². The highest BCUT2D eigenvalue weighted by Gasteiger charge is 2.19. The molecule has 7 nitrogen and oxygen atoms in total. The summed E-state index contributed by atoms with van der Waals surface area (Å²) in [5.74, 6) is 0. The van der Waals surface area contributed by atoms with Crippen LogP contribution in [0.2, 0.25) is 5.15 Å². The average molecular weight is 395 g/mol. The van der Waals surface area contributed by atoms with Crippen LogP contribution in [0.5, 0.6) is 0 Å². The third kappa shape index (κ3) is 3.00. The summed E-state index contributed by atoms with van der Waals surface area (Å²) in [5, 5.41) is 9.40. The highest BCUT2D eigenvalue weighted by Crippen LogP contribution is 2.26. The third-order valence-electron chi connectivity index (χ3n) is 4.30. The maximum Gasteiger partial charge on any atom is 0.337 e. The van der Waals surface area contributed by atoms with E-state index >= 15 is 0 Å². The van der Waals surface area contributed by atoms with E-state index in [2.05, 4.69) is 9.97 Å². The summed E-state index contributed by atoms with van der Waals surface area (Å²) in [4.78, 5) is 34.7. The Hall–Kier alpha value is -3.29. The number of benzene rings is 2. The van der Waals surface area contributed by atoms with Crippen molar-refractivity contribution in [1.29, 1.82) is 0 Å². The minimum Gasteiger partial charge on any atom is -0.395 e. The van der Waals surface area contributed by atoms with Crippen molar-refractivity contribution in [3.05, 3.63) is 86.7 Å². The van der Waals surface area contributed by atoms with Gasteiger partial charge in [-0.1, -0.05) is 60.1 Å². The van der Waals surface area contributed by atoms with E-state index in [4.69, 9.17) is 11.6 Å². The molecular formula is C20H15ClN4O3. The third-order valence-corrected chi connectivity index (χ3v) is 4.57. The van der Waals surface area contributed by atoms with Crippen LogP contribution in [-0.4, -0.2) is 30.8 Å². The molecule has 0 saturated heterocycles. The Kier molecular flexibility index (Phi) is 4.77. The highest BCUT2D eigenvalue weighted by molar-refractivity contribution is 6.32. The lowest BCUT2D eigenvalue weighted by Crippen LogP contribution is -2.41. The van der Waals surface area contributed by atoms with Crippen LogP contribution in [-0.2, 0) is 6.54 Å². The lowest BCUT2D eigenvalue weighted by Gasteiger charge is -2.14. The van der Waals surface area contributed by atoms with E-state index < -0.39 is 11.2 Å². The molecule has 0 aliphatic heterocycles. The molecule has 0 bridgehead atoms. The first kappa shape index (κ1) is 18.1. The van der Waals surface area contributed by atoms with Gasteiger partial charge < -0.3 is 5.11 Å². The zero-order valence-corrected chi connectivity index (χ0v) is 15.4. The Morgan fingerprint density at radius 1 is 0.929 bits per heavy atom. The summed E-state index contributed by atoms with van der Waals surface area (Å²) < 4.78 is 2.23. The molecule has 0 unspecified atom stereocenters. The van der Waals surface area contributed by atoms with Crippen LogP contribution < -0.4 is 11.2 Å². The predicted molar refractivity (Wildman–Crippen MR) is 107 cm³/mol. The lowest BCUT2D eigenvalue weighted by molar-refractivity contribution is 0.271. The Bertz CT molecular complexity index is 1270. The second-order valence-corrected chi connectivity index (χ2v) is 6.39. The van der Waals surface area contributed by atoms with Crippen LogP contribution >= 0.6 is 11.6 Å². The van der Waals surface area contributed by atoms with Crippen molar-refractivity contribution in [2.24, 2.45) is 0 Å². The first-order valence-corrected chi connectivity index (χ1v) is 8.94. The number of hydrogen-bond donors (Lipinski definition) is 1. The van der Waals surface area contributed by atoms with Gasteiger partial charge in [0.05, 0.1) is 18.8 Å². The summed E-state index contributed by atoms with van der Waals surface area (Å²) in [6, 6.07) is 17.9. The molecule has 0 aliphatic rings. The van der Waals surface area contributed by atoms with Gasteiger partial charge in [0.2, 0.25) is 0 Å². The topological polar surface area (TPSA) is 90.0 Å². The lowest BCUT2D eigenvalue weighted by atomic mass is 10.1. The van der Waals surface area contributed by atoms with Gasteiger partial charge in [0.1, 0.15) is 5.69 Å². The largest absolute Gasteiger partial charge is 0.395 e. The van der Waals surface area contributed by atoms with Crippen LogP contribution in [0.25, 0.3) is 28.1 Å². The molecule has 2 aromatic carbocycles. The summed E-state index contributed by atoms with van der Waals surface area (Å²) in [5.41, 5.74) is 0.397. The fourth-order valence-electron chi connectivity index (χ4n) is 3.02. The van der Waals surface area contributed by atoms with Crippen molar-refractivity contribution in [2.75, 3.05) is 6.61 Å². The number of aliphatic hydroxyl groups is 1. The van der Waals surface area contributed by atoms with E-state index in [-0.39, 0.29) is 29.5 Å². The van der Waals surface area contributed by atoms with E-state index in [1.165, 1.54) is 4.57 Å². The van der Waals surface area contributed by atoms with Crippen LogP contribution in [0, 0.1) is 0 Å². The molecule has 0 aliphatic carbocycles. The second kappa shape index (κ2) is 7.38. The second-order valence-electron chi connectivity index (χ2n) is 6.04. The van der Waals surface area contributed by atoms with Crippen LogP contribution in [0.15, 0.2) is 70.3 Å².